The van der Waals surface area contributed by atoms with E-state index >= 15 is 0 Å². The van der Waals surface area contributed by atoms with Gasteiger partial charge in [-0.1, -0.05) is 12.1 Å². The molecule has 3 aromatic rings. The van der Waals surface area contributed by atoms with Crippen LogP contribution in [0.25, 0.3) is 11.0 Å². The first-order valence-corrected chi connectivity index (χ1v) is 10.3. The smallest absolute Gasteiger partial charge is 0.315 e. The average molecular weight is 453 g/mol. The molecule has 11 nitrogen and oxygen atoms in total. The van der Waals surface area contributed by atoms with Crippen molar-refractivity contribution < 1.29 is 19.2 Å². The van der Waals surface area contributed by atoms with Crippen LogP contribution in [0.2, 0.25) is 0 Å². The number of aromatic amines is 1. The Morgan fingerprint density at radius 3 is 2.73 bits per heavy atom. The van der Waals surface area contributed by atoms with Crippen LogP contribution in [0.3, 0.4) is 0 Å². The van der Waals surface area contributed by atoms with Crippen LogP contribution in [0, 0.1) is 10.1 Å². The van der Waals surface area contributed by atoms with E-state index < -0.39 is 10.8 Å². The number of hydrogen-bond acceptors (Lipinski definition) is 8. The third kappa shape index (κ3) is 5.91. The Labute approximate surface area is 188 Å². The molecule has 0 atom stereocenters. The van der Waals surface area contributed by atoms with Gasteiger partial charge in [0, 0.05) is 24.5 Å². The molecule has 172 valence electrons. The largest absolute Gasteiger partial charge is 0.490 e. The van der Waals surface area contributed by atoms with Gasteiger partial charge in [0.2, 0.25) is 11.7 Å². The first-order valence-electron chi connectivity index (χ1n) is 10.3. The van der Waals surface area contributed by atoms with Crippen molar-refractivity contribution in [3.63, 3.8) is 0 Å². The molecule has 0 aliphatic heterocycles. The van der Waals surface area contributed by atoms with Crippen LogP contribution in [0.5, 0.6) is 11.5 Å². The number of amides is 1. The second-order valence-electron chi connectivity index (χ2n) is 6.81. The lowest BCUT2D eigenvalue weighted by atomic mass is 10.2. The summed E-state index contributed by atoms with van der Waals surface area (Å²) in [5, 5.41) is 15.3. The number of H-pyrrole nitrogens is 1. The molecule has 0 saturated heterocycles. The van der Waals surface area contributed by atoms with Crippen LogP contribution < -0.4 is 20.5 Å². The van der Waals surface area contributed by atoms with Gasteiger partial charge in [0.25, 0.3) is 5.56 Å². The maximum absolute atomic E-state index is 12.1. The molecule has 0 unspecified atom stereocenters. The molecule has 1 aromatic heterocycles. The number of aromatic nitrogens is 2. The molecular formula is C22H23N5O6. The number of carbonyl (C=O) groups is 1. The fraction of sp³-hybridized carbons (Fsp3) is 0.273. The second kappa shape index (κ2) is 10.8. The van der Waals surface area contributed by atoms with Crippen LogP contribution in [0.4, 0.5) is 5.69 Å². The van der Waals surface area contributed by atoms with E-state index in [1.54, 1.807) is 38.1 Å². The van der Waals surface area contributed by atoms with Gasteiger partial charge in [-0.05, 0) is 32.0 Å². The molecule has 0 bridgehead atoms. The Kier molecular flexibility index (Phi) is 7.68. The quantitative estimate of drug-likeness (QED) is 0.272. The zero-order valence-corrected chi connectivity index (χ0v) is 18.2. The van der Waals surface area contributed by atoms with Crippen molar-refractivity contribution in [3.8, 4) is 11.5 Å². The minimum Gasteiger partial charge on any atom is -0.490 e. The highest BCUT2D eigenvalue weighted by molar-refractivity contribution is 5.85. The molecule has 0 aliphatic carbocycles. The molecular weight excluding hydrogens is 430 g/mol. The summed E-state index contributed by atoms with van der Waals surface area (Å²) in [6, 6.07) is 9.93. The van der Waals surface area contributed by atoms with Crippen LogP contribution in [-0.4, -0.2) is 40.2 Å². The number of nitrogens with one attached hydrogen (secondary N) is 2. The normalized spacial score (nSPS) is 11.0. The van der Waals surface area contributed by atoms with Crippen LogP contribution in [0.1, 0.15) is 31.5 Å². The summed E-state index contributed by atoms with van der Waals surface area (Å²) in [4.78, 5) is 42.2. The molecule has 0 spiro atoms. The van der Waals surface area contributed by atoms with E-state index in [4.69, 9.17) is 9.47 Å². The minimum absolute atomic E-state index is 0.0145. The fourth-order valence-corrected chi connectivity index (χ4v) is 3.07. The molecule has 2 N–H and O–H groups in total. The molecule has 0 aliphatic rings. The number of nitro benzene ring substituents is 1. The van der Waals surface area contributed by atoms with Gasteiger partial charge in [0.1, 0.15) is 5.69 Å². The number of para-hydroxylation sites is 2. The maximum atomic E-state index is 12.1. The topological polar surface area (TPSA) is 149 Å². The van der Waals surface area contributed by atoms with Crippen molar-refractivity contribution in [1.29, 1.82) is 0 Å². The number of nitrogens with zero attached hydrogens (tertiary/aromatic N) is 3. The molecule has 0 fully saturated rings. The number of rotatable bonds is 10. The van der Waals surface area contributed by atoms with Crippen LogP contribution in [0.15, 0.2) is 46.3 Å². The Hall–Kier alpha value is -4.28. The van der Waals surface area contributed by atoms with Crippen molar-refractivity contribution in [2.24, 2.45) is 5.10 Å². The highest BCUT2D eigenvalue weighted by Gasteiger charge is 2.22. The number of hydrazone groups is 1. The van der Waals surface area contributed by atoms with Crippen LogP contribution >= 0.6 is 0 Å². The number of fused-ring (bicyclic) bond motifs is 1. The Bertz CT molecular complexity index is 1250. The average Bonchev–Trinajstić information content (AvgIpc) is 2.79. The number of ether oxygens (including phenoxy) is 2. The van der Waals surface area contributed by atoms with Gasteiger partial charge in [-0.3, -0.25) is 19.7 Å². The van der Waals surface area contributed by atoms with Gasteiger partial charge in [-0.15, -0.1) is 0 Å². The lowest BCUT2D eigenvalue weighted by Crippen LogP contribution is -2.21. The lowest BCUT2D eigenvalue weighted by Gasteiger charge is -2.11. The van der Waals surface area contributed by atoms with E-state index in [2.05, 4.69) is 20.5 Å². The van der Waals surface area contributed by atoms with Crippen molar-refractivity contribution >= 4 is 28.8 Å². The molecule has 1 heterocycles. The number of benzene rings is 2. The lowest BCUT2D eigenvalue weighted by molar-refractivity contribution is -0.385. The van der Waals surface area contributed by atoms with Crippen molar-refractivity contribution in [1.82, 2.24) is 15.4 Å². The Morgan fingerprint density at radius 2 is 2.00 bits per heavy atom. The summed E-state index contributed by atoms with van der Waals surface area (Å²) >= 11 is 0. The number of hydrogen-bond donors (Lipinski definition) is 2. The molecule has 0 saturated carbocycles. The Balaban J connectivity index is 1.68. The van der Waals surface area contributed by atoms with Crippen LogP contribution in [-0.2, 0) is 11.2 Å². The zero-order valence-electron chi connectivity index (χ0n) is 18.2. The zero-order chi connectivity index (χ0) is 23.8. The maximum Gasteiger partial charge on any atom is 0.315 e. The highest BCUT2D eigenvalue weighted by Crippen LogP contribution is 2.38. The molecule has 3 rings (SSSR count). The summed E-state index contributed by atoms with van der Waals surface area (Å²) in [5.74, 6) is -0.187. The van der Waals surface area contributed by atoms with Gasteiger partial charge in [0.05, 0.1) is 35.4 Å². The van der Waals surface area contributed by atoms with E-state index in [0.717, 1.165) is 0 Å². The number of aryl methyl sites for hydroxylation is 1. The summed E-state index contributed by atoms with van der Waals surface area (Å²) in [6.45, 7) is 3.99. The van der Waals surface area contributed by atoms with E-state index in [1.165, 1.54) is 18.3 Å². The van der Waals surface area contributed by atoms with E-state index in [0.29, 0.717) is 16.6 Å². The van der Waals surface area contributed by atoms with Gasteiger partial charge in [-0.25, -0.2) is 10.4 Å². The van der Waals surface area contributed by atoms with Gasteiger partial charge < -0.3 is 14.5 Å². The molecule has 33 heavy (non-hydrogen) atoms. The SMILES string of the molecule is CCOc1cc(/C=N\NC(=O)CCc2nc3ccccc3[nH]c2=O)cc([N+](=O)[O-])c1OCC. The molecule has 2 aromatic carbocycles. The van der Waals surface area contributed by atoms with Crippen molar-refractivity contribution in [2.75, 3.05) is 13.2 Å². The molecule has 0 radical (unpaired) electrons. The standard InChI is InChI=1S/C22H23N5O6/c1-3-32-19-12-14(11-18(27(30)31)21(19)33-4-2)13-23-26-20(28)10-9-17-22(29)25-16-8-6-5-7-15(16)24-17/h5-8,11-13H,3-4,9-10H2,1-2H3,(H,25,29)(H,26,28)/b23-13-. The first kappa shape index (κ1) is 23.4. The monoisotopic (exact) mass is 453 g/mol. The van der Waals surface area contributed by atoms with Crippen molar-refractivity contribution in [3.05, 3.63) is 68.1 Å². The van der Waals surface area contributed by atoms with Gasteiger partial charge >= 0.3 is 5.69 Å². The number of carbonyl (C=O) groups excluding carboxylic acids is 1. The third-order valence-electron chi connectivity index (χ3n) is 4.50. The third-order valence-corrected chi connectivity index (χ3v) is 4.50. The predicted octanol–water partition coefficient (Wildman–Crippen LogP) is 2.71. The van der Waals surface area contributed by atoms with E-state index in [1.807, 2.05) is 0 Å². The summed E-state index contributed by atoms with van der Waals surface area (Å²) in [6.07, 6.45) is 1.38. The second-order valence-corrected chi connectivity index (χ2v) is 6.81. The number of nitro groups is 1. The predicted molar refractivity (Wildman–Crippen MR) is 122 cm³/mol. The van der Waals surface area contributed by atoms with E-state index in [9.17, 15) is 19.7 Å². The summed E-state index contributed by atoms with van der Waals surface area (Å²) in [7, 11) is 0. The molecule has 1 amide bonds. The minimum atomic E-state index is -0.572. The van der Waals surface area contributed by atoms with Gasteiger partial charge in [-0.2, -0.15) is 5.10 Å². The Morgan fingerprint density at radius 1 is 1.24 bits per heavy atom. The summed E-state index contributed by atoms with van der Waals surface area (Å²) < 4.78 is 10.8. The van der Waals surface area contributed by atoms with E-state index in [-0.39, 0.29) is 54.5 Å². The summed E-state index contributed by atoms with van der Waals surface area (Å²) in [5.41, 5.74) is 3.58. The van der Waals surface area contributed by atoms with Crippen molar-refractivity contribution in [2.45, 2.75) is 26.7 Å². The first-order chi connectivity index (χ1) is 15.9. The fourth-order valence-electron chi connectivity index (χ4n) is 3.07. The molecule has 11 heteroatoms. The highest BCUT2D eigenvalue weighted by atomic mass is 16.6. The van der Waals surface area contributed by atoms with Gasteiger partial charge in [0.15, 0.2) is 5.75 Å².